The van der Waals surface area contributed by atoms with Gasteiger partial charge in [-0.15, -0.1) is 0 Å². The molecule has 1 aliphatic rings. The standard InChI is InChI=1S/C16H26N2O2/c1-5-13-6-7-14(15(17-13)12-18(2)3)16(19-4)8-10-20-11-9-16/h6-7H,5,8-12H2,1-4H3. The van der Waals surface area contributed by atoms with E-state index in [-0.39, 0.29) is 5.60 Å². The second kappa shape index (κ2) is 6.66. The van der Waals surface area contributed by atoms with Gasteiger partial charge in [0.25, 0.3) is 0 Å². The van der Waals surface area contributed by atoms with Gasteiger partial charge in [-0.1, -0.05) is 13.0 Å². The highest BCUT2D eigenvalue weighted by molar-refractivity contribution is 5.30. The molecule has 0 saturated carbocycles. The molecular weight excluding hydrogens is 252 g/mol. The van der Waals surface area contributed by atoms with Crippen LogP contribution in [0.4, 0.5) is 0 Å². The van der Waals surface area contributed by atoms with Gasteiger partial charge in [-0.25, -0.2) is 0 Å². The van der Waals surface area contributed by atoms with Crippen molar-refractivity contribution in [2.45, 2.75) is 38.3 Å². The van der Waals surface area contributed by atoms with E-state index in [1.54, 1.807) is 7.11 Å². The minimum Gasteiger partial charge on any atom is -0.381 e. The normalized spacial score (nSPS) is 18.4. The molecule has 2 rings (SSSR count). The van der Waals surface area contributed by atoms with Crippen LogP contribution in [0.25, 0.3) is 0 Å². The Kier molecular flexibility index (Phi) is 5.13. The number of pyridine rings is 1. The average Bonchev–Trinajstić information content (AvgIpc) is 2.47. The predicted molar refractivity (Wildman–Crippen MR) is 79.7 cm³/mol. The van der Waals surface area contributed by atoms with Crippen molar-refractivity contribution in [2.75, 3.05) is 34.4 Å². The Morgan fingerprint density at radius 2 is 2.00 bits per heavy atom. The van der Waals surface area contributed by atoms with Crippen LogP contribution in [-0.4, -0.2) is 44.3 Å². The van der Waals surface area contributed by atoms with Crippen molar-refractivity contribution in [1.82, 2.24) is 9.88 Å². The monoisotopic (exact) mass is 278 g/mol. The number of aryl methyl sites for hydroxylation is 1. The summed E-state index contributed by atoms with van der Waals surface area (Å²) in [5.74, 6) is 0. The van der Waals surface area contributed by atoms with Gasteiger partial charge in [0, 0.05) is 51.0 Å². The number of ether oxygens (including phenoxy) is 2. The highest BCUT2D eigenvalue weighted by atomic mass is 16.5. The highest BCUT2D eigenvalue weighted by Crippen LogP contribution is 2.37. The molecule has 20 heavy (non-hydrogen) atoms. The molecule has 0 atom stereocenters. The van der Waals surface area contributed by atoms with Crippen LogP contribution in [0, 0.1) is 0 Å². The van der Waals surface area contributed by atoms with Gasteiger partial charge < -0.3 is 14.4 Å². The van der Waals surface area contributed by atoms with Crippen molar-refractivity contribution < 1.29 is 9.47 Å². The Bertz CT molecular complexity index is 440. The minimum atomic E-state index is -0.233. The molecule has 1 aromatic heterocycles. The molecule has 0 N–H and O–H groups in total. The maximum absolute atomic E-state index is 5.92. The van der Waals surface area contributed by atoms with Gasteiger partial charge in [-0.3, -0.25) is 4.98 Å². The zero-order valence-corrected chi connectivity index (χ0v) is 13.1. The quantitative estimate of drug-likeness (QED) is 0.828. The molecule has 1 saturated heterocycles. The average molecular weight is 278 g/mol. The summed E-state index contributed by atoms with van der Waals surface area (Å²) in [5.41, 5.74) is 3.28. The lowest BCUT2D eigenvalue weighted by Crippen LogP contribution is -2.37. The summed E-state index contributed by atoms with van der Waals surface area (Å²) in [6, 6.07) is 4.34. The number of hydrogen-bond donors (Lipinski definition) is 0. The number of methoxy groups -OCH3 is 1. The summed E-state index contributed by atoms with van der Waals surface area (Å²) in [7, 11) is 5.96. The molecule has 4 nitrogen and oxygen atoms in total. The fourth-order valence-electron chi connectivity index (χ4n) is 2.86. The van der Waals surface area contributed by atoms with Crippen molar-refractivity contribution in [3.8, 4) is 0 Å². The van der Waals surface area contributed by atoms with Crippen molar-refractivity contribution in [1.29, 1.82) is 0 Å². The van der Waals surface area contributed by atoms with E-state index in [9.17, 15) is 0 Å². The Hall–Kier alpha value is -0.970. The molecule has 0 spiro atoms. The topological polar surface area (TPSA) is 34.6 Å². The fraction of sp³-hybridized carbons (Fsp3) is 0.688. The molecule has 1 aliphatic heterocycles. The number of nitrogens with zero attached hydrogens (tertiary/aromatic N) is 2. The highest BCUT2D eigenvalue weighted by Gasteiger charge is 2.36. The van der Waals surface area contributed by atoms with Crippen LogP contribution in [0.3, 0.4) is 0 Å². The summed E-state index contributed by atoms with van der Waals surface area (Å²) in [6.45, 7) is 4.49. The SMILES string of the molecule is CCc1ccc(C2(OC)CCOCC2)c(CN(C)C)n1. The fourth-order valence-corrected chi connectivity index (χ4v) is 2.86. The maximum atomic E-state index is 5.92. The molecule has 0 unspecified atom stereocenters. The first kappa shape index (κ1) is 15.4. The zero-order chi connectivity index (χ0) is 14.6. The van der Waals surface area contributed by atoms with Crippen LogP contribution in [-0.2, 0) is 28.0 Å². The maximum Gasteiger partial charge on any atom is 0.0989 e. The smallest absolute Gasteiger partial charge is 0.0989 e. The number of hydrogen-bond acceptors (Lipinski definition) is 4. The van der Waals surface area contributed by atoms with Crippen LogP contribution in [0.2, 0.25) is 0 Å². The van der Waals surface area contributed by atoms with E-state index in [4.69, 9.17) is 14.5 Å². The summed E-state index contributed by atoms with van der Waals surface area (Å²) >= 11 is 0. The van der Waals surface area contributed by atoms with Crippen LogP contribution in [0.15, 0.2) is 12.1 Å². The second-order valence-corrected chi connectivity index (χ2v) is 5.70. The van der Waals surface area contributed by atoms with E-state index in [1.165, 1.54) is 5.56 Å². The van der Waals surface area contributed by atoms with E-state index < -0.39 is 0 Å². The molecule has 0 aromatic carbocycles. The minimum absolute atomic E-state index is 0.233. The van der Waals surface area contributed by atoms with Crippen LogP contribution < -0.4 is 0 Å². The van der Waals surface area contributed by atoms with E-state index in [1.807, 2.05) is 0 Å². The Morgan fingerprint density at radius 3 is 2.55 bits per heavy atom. The van der Waals surface area contributed by atoms with E-state index in [0.29, 0.717) is 0 Å². The third-order valence-corrected chi connectivity index (χ3v) is 4.04. The van der Waals surface area contributed by atoms with Gasteiger partial charge in [0.05, 0.1) is 11.3 Å². The summed E-state index contributed by atoms with van der Waals surface area (Å²) < 4.78 is 11.4. The van der Waals surface area contributed by atoms with Gasteiger partial charge in [0.2, 0.25) is 0 Å². The largest absolute Gasteiger partial charge is 0.381 e. The van der Waals surface area contributed by atoms with Crippen LogP contribution in [0.1, 0.15) is 36.7 Å². The first-order valence-corrected chi connectivity index (χ1v) is 7.38. The summed E-state index contributed by atoms with van der Waals surface area (Å²) in [4.78, 5) is 7.00. The molecule has 1 aromatic rings. The third kappa shape index (κ3) is 3.19. The molecule has 2 heterocycles. The predicted octanol–water partition coefficient (Wildman–Crippen LogP) is 2.36. The summed E-state index contributed by atoms with van der Waals surface area (Å²) in [6.07, 6.45) is 2.76. The zero-order valence-electron chi connectivity index (χ0n) is 13.1. The van der Waals surface area contributed by atoms with E-state index in [0.717, 1.165) is 50.4 Å². The van der Waals surface area contributed by atoms with Gasteiger partial charge in [0.15, 0.2) is 0 Å². The Balaban J connectivity index is 2.42. The molecule has 112 valence electrons. The van der Waals surface area contributed by atoms with Gasteiger partial charge in [-0.05, 0) is 26.6 Å². The number of aromatic nitrogens is 1. The van der Waals surface area contributed by atoms with Crippen molar-refractivity contribution in [3.63, 3.8) is 0 Å². The first-order valence-electron chi connectivity index (χ1n) is 7.38. The van der Waals surface area contributed by atoms with E-state index >= 15 is 0 Å². The molecule has 0 aliphatic carbocycles. The van der Waals surface area contributed by atoms with Gasteiger partial charge >= 0.3 is 0 Å². The lowest BCUT2D eigenvalue weighted by atomic mass is 9.84. The van der Waals surface area contributed by atoms with Crippen molar-refractivity contribution >= 4 is 0 Å². The molecular formula is C16H26N2O2. The van der Waals surface area contributed by atoms with Crippen molar-refractivity contribution in [2.24, 2.45) is 0 Å². The Morgan fingerprint density at radius 1 is 1.30 bits per heavy atom. The van der Waals surface area contributed by atoms with Crippen LogP contribution >= 0.6 is 0 Å². The lowest BCUT2D eigenvalue weighted by Gasteiger charge is -2.37. The molecule has 0 radical (unpaired) electrons. The first-order chi connectivity index (χ1) is 9.61. The Labute approximate surface area is 122 Å². The lowest BCUT2D eigenvalue weighted by molar-refractivity contribution is -0.0956. The number of rotatable bonds is 5. The second-order valence-electron chi connectivity index (χ2n) is 5.70. The van der Waals surface area contributed by atoms with Crippen LogP contribution in [0.5, 0.6) is 0 Å². The molecule has 0 bridgehead atoms. The van der Waals surface area contributed by atoms with Gasteiger partial charge in [-0.2, -0.15) is 0 Å². The molecule has 4 heteroatoms. The molecule has 0 amide bonds. The van der Waals surface area contributed by atoms with Gasteiger partial charge in [0.1, 0.15) is 0 Å². The summed E-state index contributed by atoms with van der Waals surface area (Å²) in [5, 5.41) is 0. The third-order valence-electron chi connectivity index (χ3n) is 4.04. The van der Waals surface area contributed by atoms with Crippen molar-refractivity contribution in [3.05, 3.63) is 29.1 Å². The molecule has 1 fully saturated rings. The van der Waals surface area contributed by atoms with E-state index in [2.05, 4.69) is 38.1 Å².